The standard InChI is InChI=1S/C33H33FN6O3/c1-43-29-13-8-25(9-14-29)33(42)38-18-16-37(17-19-38)32(41)15-10-26-21-39(31-5-3-2-4-30(26)31)22-28-23-40(36-35-28)20-24-6-11-27(34)12-7-24/h2-9,11-14,21,23H,10,15-20,22H2,1H3. The molecule has 0 unspecified atom stereocenters. The fourth-order valence-corrected chi connectivity index (χ4v) is 5.57. The summed E-state index contributed by atoms with van der Waals surface area (Å²) in [6.45, 7) is 3.13. The third-order valence-corrected chi connectivity index (χ3v) is 7.91. The maximum Gasteiger partial charge on any atom is 0.253 e. The van der Waals surface area contributed by atoms with Gasteiger partial charge in [-0.3, -0.25) is 9.59 Å². The summed E-state index contributed by atoms with van der Waals surface area (Å²) in [5.74, 6) is 0.511. The Morgan fingerprint density at radius 3 is 2.33 bits per heavy atom. The van der Waals surface area contributed by atoms with Gasteiger partial charge in [-0.1, -0.05) is 35.5 Å². The van der Waals surface area contributed by atoms with E-state index in [9.17, 15) is 14.0 Å². The number of methoxy groups -OCH3 is 1. The maximum absolute atomic E-state index is 13.2. The quantitative estimate of drug-likeness (QED) is 0.258. The highest BCUT2D eigenvalue weighted by Crippen LogP contribution is 2.24. The zero-order chi connectivity index (χ0) is 29.8. The number of nitrogens with zero attached hydrogens (tertiary/aromatic N) is 6. The number of ether oxygens (including phenoxy) is 1. The van der Waals surface area contributed by atoms with Crippen LogP contribution in [0.1, 0.15) is 33.6 Å². The van der Waals surface area contributed by atoms with Gasteiger partial charge < -0.3 is 19.1 Å². The molecule has 3 aromatic carbocycles. The smallest absolute Gasteiger partial charge is 0.253 e. The average molecular weight is 581 g/mol. The summed E-state index contributed by atoms with van der Waals surface area (Å²) in [5, 5.41) is 9.71. The summed E-state index contributed by atoms with van der Waals surface area (Å²) in [6.07, 6.45) is 5.02. The summed E-state index contributed by atoms with van der Waals surface area (Å²) in [6, 6.07) is 21.6. The van der Waals surface area contributed by atoms with Gasteiger partial charge in [-0.2, -0.15) is 0 Å². The lowest BCUT2D eigenvalue weighted by atomic mass is 10.1. The molecule has 5 aromatic rings. The van der Waals surface area contributed by atoms with Crippen molar-refractivity contribution < 1.29 is 18.7 Å². The lowest BCUT2D eigenvalue weighted by Crippen LogP contribution is -2.50. The minimum Gasteiger partial charge on any atom is -0.497 e. The molecule has 6 rings (SSSR count). The number of carbonyl (C=O) groups excluding carboxylic acids is 2. The minimum atomic E-state index is -0.264. The van der Waals surface area contributed by atoms with Crippen LogP contribution in [0.25, 0.3) is 10.9 Å². The first-order valence-corrected chi connectivity index (χ1v) is 14.4. The minimum absolute atomic E-state index is 0.0296. The Balaban J connectivity index is 1.05. The SMILES string of the molecule is COc1ccc(C(=O)N2CCN(C(=O)CCc3cn(Cc4cn(Cc5ccc(F)cc5)nn4)c4ccccc34)CC2)cc1. The van der Waals surface area contributed by atoms with E-state index in [1.807, 2.05) is 23.2 Å². The van der Waals surface area contributed by atoms with Crippen molar-refractivity contribution in [2.45, 2.75) is 25.9 Å². The van der Waals surface area contributed by atoms with Crippen molar-refractivity contribution in [2.24, 2.45) is 0 Å². The Kier molecular flexibility index (Phi) is 8.17. The second-order valence-electron chi connectivity index (χ2n) is 10.7. The fraction of sp³-hybridized carbons (Fsp3) is 0.273. The van der Waals surface area contributed by atoms with Crippen LogP contribution in [0.15, 0.2) is 85.2 Å². The van der Waals surface area contributed by atoms with Crippen molar-refractivity contribution >= 4 is 22.7 Å². The van der Waals surface area contributed by atoms with Gasteiger partial charge >= 0.3 is 0 Å². The predicted molar refractivity (Wildman–Crippen MR) is 160 cm³/mol. The molecule has 0 atom stereocenters. The molecular formula is C33H33FN6O3. The topological polar surface area (TPSA) is 85.5 Å². The van der Waals surface area contributed by atoms with Crippen LogP contribution in [0.4, 0.5) is 4.39 Å². The first kappa shape index (κ1) is 28.1. The van der Waals surface area contributed by atoms with E-state index in [0.717, 1.165) is 27.7 Å². The number of aromatic nitrogens is 4. The van der Waals surface area contributed by atoms with E-state index in [4.69, 9.17) is 4.74 Å². The van der Waals surface area contributed by atoms with Crippen LogP contribution in [0.5, 0.6) is 5.75 Å². The summed E-state index contributed by atoms with van der Waals surface area (Å²) in [4.78, 5) is 29.7. The maximum atomic E-state index is 13.2. The highest BCUT2D eigenvalue weighted by Gasteiger charge is 2.25. The lowest BCUT2D eigenvalue weighted by Gasteiger charge is -2.35. The Hall–Kier alpha value is -4.99. The molecule has 0 radical (unpaired) electrons. The molecule has 3 heterocycles. The number of piperazine rings is 1. The van der Waals surface area contributed by atoms with Crippen molar-refractivity contribution in [1.82, 2.24) is 29.4 Å². The van der Waals surface area contributed by atoms with Crippen LogP contribution >= 0.6 is 0 Å². The van der Waals surface area contributed by atoms with Crippen molar-refractivity contribution in [1.29, 1.82) is 0 Å². The van der Waals surface area contributed by atoms with Gasteiger partial charge in [-0.05, 0) is 60.0 Å². The second-order valence-corrected chi connectivity index (χ2v) is 10.7. The van der Waals surface area contributed by atoms with Crippen LogP contribution in [0, 0.1) is 5.82 Å². The van der Waals surface area contributed by atoms with Crippen LogP contribution < -0.4 is 4.74 Å². The number of hydrogen-bond acceptors (Lipinski definition) is 5. The van der Waals surface area contributed by atoms with E-state index in [2.05, 4.69) is 33.2 Å². The number of rotatable bonds is 9. The third kappa shape index (κ3) is 6.43. The van der Waals surface area contributed by atoms with Gasteiger partial charge in [0.15, 0.2) is 0 Å². The number of carbonyl (C=O) groups is 2. The molecule has 2 aromatic heterocycles. The van der Waals surface area contributed by atoms with E-state index < -0.39 is 0 Å². The number of fused-ring (bicyclic) bond motifs is 1. The molecule has 0 aliphatic carbocycles. The van der Waals surface area contributed by atoms with Crippen LogP contribution in [-0.2, 0) is 24.3 Å². The summed E-state index contributed by atoms with van der Waals surface area (Å²) >= 11 is 0. The van der Waals surface area contributed by atoms with Crippen LogP contribution in [-0.4, -0.2) is 74.5 Å². The second kappa shape index (κ2) is 12.5. The number of para-hydroxylation sites is 1. The molecule has 220 valence electrons. The number of benzene rings is 3. The molecule has 2 amide bonds. The van der Waals surface area contributed by atoms with E-state index in [0.29, 0.717) is 63.4 Å². The molecule has 1 aliphatic heterocycles. The van der Waals surface area contributed by atoms with Crippen LogP contribution in [0.3, 0.4) is 0 Å². The van der Waals surface area contributed by atoms with Gasteiger partial charge in [-0.25, -0.2) is 9.07 Å². The molecule has 1 saturated heterocycles. The number of halogens is 1. The van der Waals surface area contributed by atoms with E-state index in [-0.39, 0.29) is 17.6 Å². The molecule has 0 N–H and O–H groups in total. The predicted octanol–water partition coefficient (Wildman–Crippen LogP) is 4.39. The van der Waals surface area contributed by atoms with Crippen molar-refractivity contribution in [3.8, 4) is 5.75 Å². The molecule has 43 heavy (non-hydrogen) atoms. The van der Waals surface area contributed by atoms with Crippen molar-refractivity contribution in [3.63, 3.8) is 0 Å². The van der Waals surface area contributed by atoms with E-state index >= 15 is 0 Å². The van der Waals surface area contributed by atoms with Gasteiger partial charge in [0.2, 0.25) is 5.91 Å². The molecule has 10 heteroatoms. The van der Waals surface area contributed by atoms with Gasteiger partial charge in [-0.15, -0.1) is 5.10 Å². The highest BCUT2D eigenvalue weighted by atomic mass is 19.1. The van der Waals surface area contributed by atoms with Crippen molar-refractivity contribution in [2.75, 3.05) is 33.3 Å². The molecule has 1 aliphatic rings. The number of hydrogen-bond donors (Lipinski definition) is 0. The van der Waals surface area contributed by atoms with Crippen molar-refractivity contribution in [3.05, 3.63) is 113 Å². The Morgan fingerprint density at radius 1 is 0.860 bits per heavy atom. The largest absolute Gasteiger partial charge is 0.497 e. The molecule has 1 fully saturated rings. The zero-order valence-corrected chi connectivity index (χ0v) is 24.0. The van der Waals surface area contributed by atoms with Gasteiger partial charge in [0.1, 0.15) is 17.3 Å². The molecule has 0 bridgehead atoms. The number of amides is 2. The normalized spacial score (nSPS) is 13.4. The zero-order valence-electron chi connectivity index (χ0n) is 24.0. The first-order valence-electron chi connectivity index (χ1n) is 14.4. The Morgan fingerprint density at radius 2 is 1.58 bits per heavy atom. The molecule has 9 nitrogen and oxygen atoms in total. The average Bonchev–Trinajstić information content (AvgIpc) is 3.64. The van der Waals surface area contributed by atoms with E-state index in [1.54, 1.807) is 53.1 Å². The van der Waals surface area contributed by atoms with Gasteiger partial charge in [0.05, 0.1) is 26.4 Å². The van der Waals surface area contributed by atoms with Gasteiger partial charge in [0, 0.05) is 55.3 Å². The van der Waals surface area contributed by atoms with Gasteiger partial charge in [0.25, 0.3) is 5.91 Å². The molecular weight excluding hydrogens is 547 g/mol. The van der Waals surface area contributed by atoms with Crippen LogP contribution in [0.2, 0.25) is 0 Å². The monoisotopic (exact) mass is 580 g/mol. The number of aryl methyl sites for hydroxylation is 1. The third-order valence-electron chi connectivity index (χ3n) is 7.91. The lowest BCUT2D eigenvalue weighted by molar-refractivity contribution is -0.132. The summed E-state index contributed by atoms with van der Waals surface area (Å²) < 4.78 is 22.3. The summed E-state index contributed by atoms with van der Waals surface area (Å²) in [5.41, 5.74) is 4.56. The summed E-state index contributed by atoms with van der Waals surface area (Å²) in [7, 11) is 1.60. The Bertz CT molecular complexity index is 1720. The first-order chi connectivity index (χ1) is 21.0. The van der Waals surface area contributed by atoms with E-state index in [1.165, 1.54) is 12.1 Å². The Labute approximate surface area is 249 Å². The highest BCUT2D eigenvalue weighted by molar-refractivity contribution is 5.94. The molecule has 0 saturated carbocycles. The fourth-order valence-electron chi connectivity index (χ4n) is 5.57. The molecule has 0 spiro atoms.